The van der Waals surface area contributed by atoms with Gasteiger partial charge < -0.3 is 10.1 Å². The van der Waals surface area contributed by atoms with Gasteiger partial charge in [-0.25, -0.2) is 9.78 Å². The van der Waals surface area contributed by atoms with Crippen molar-refractivity contribution in [2.24, 2.45) is 0 Å². The van der Waals surface area contributed by atoms with Crippen molar-refractivity contribution in [3.63, 3.8) is 0 Å². The van der Waals surface area contributed by atoms with E-state index in [1.807, 2.05) is 0 Å². The highest BCUT2D eigenvalue weighted by molar-refractivity contribution is 6.33. The van der Waals surface area contributed by atoms with Crippen molar-refractivity contribution >= 4 is 29.3 Å². The number of nitrogens with zero attached hydrogens (tertiary/aromatic N) is 1. The number of benzene rings is 1. The fourth-order valence-electron chi connectivity index (χ4n) is 1.76. The zero-order valence-electron chi connectivity index (χ0n) is 12.8. The highest BCUT2D eigenvalue weighted by Gasteiger charge is 2.32. The lowest BCUT2D eigenvalue weighted by molar-refractivity contribution is -0.137. The summed E-state index contributed by atoms with van der Waals surface area (Å²) in [7, 11) is 0. The van der Waals surface area contributed by atoms with Crippen LogP contribution in [0.25, 0.3) is 0 Å². The highest BCUT2D eigenvalue weighted by Crippen LogP contribution is 2.32. The van der Waals surface area contributed by atoms with E-state index in [-0.39, 0.29) is 16.4 Å². The van der Waals surface area contributed by atoms with Crippen molar-refractivity contribution in [2.75, 3.05) is 5.32 Å². The van der Waals surface area contributed by atoms with Gasteiger partial charge in [-0.3, -0.25) is 4.79 Å². The predicted octanol–water partition coefficient (Wildman–Crippen LogP) is 3.94. The van der Waals surface area contributed by atoms with E-state index in [1.54, 1.807) is 18.2 Å². The molecule has 0 aliphatic heterocycles. The van der Waals surface area contributed by atoms with Crippen LogP contribution < -0.4 is 5.32 Å². The molecule has 2 rings (SSSR count). The summed E-state index contributed by atoms with van der Waals surface area (Å²) in [5.74, 6) is -1.75. The highest BCUT2D eigenvalue weighted by atomic mass is 35.5. The van der Waals surface area contributed by atoms with Gasteiger partial charge in [0.25, 0.3) is 5.91 Å². The Kier molecular flexibility index (Phi) is 5.63. The number of hydrogen-bond donors (Lipinski definition) is 1. The molecule has 25 heavy (non-hydrogen) atoms. The van der Waals surface area contributed by atoms with Gasteiger partial charge in [0.2, 0.25) is 0 Å². The Hall–Kier alpha value is -2.61. The number of esters is 1. The molecule has 0 spiro atoms. The van der Waals surface area contributed by atoms with Gasteiger partial charge in [-0.05, 0) is 25.1 Å². The van der Waals surface area contributed by atoms with E-state index in [2.05, 4.69) is 10.3 Å². The van der Waals surface area contributed by atoms with E-state index < -0.39 is 29.7 Å². The molecule has 1 N–H and O–H groups in total. The first kappa shape index (κ1) is 18.7. The molecule has 1 aromatic heterocycles. The molecule has 0 aliphatic rings. The smallest absolute Gasteiger partial charge is 0.417 e. The lowest BCUT2D eigenvalue weighted by Crippen LogP contribution is -2.30. The minimum absolute atomic E-state index is 0.257. The lowest BCUT2D eigenvalue weighted by Gasteiger charge is -2.14. The molecular weight excluding hydrogens is 361 g/mol. The largest absolute Gasteiger partial charge is 0.449 e. The summed E-state index contributed by atoms with van der Waals surface area (Å²) in [6.07, 6.45) is -5.26. The van der Waals surface area contributed by atoms with Gasteiger partial charge in [-0.1, -0.05) is 29.8 Å². The summed E-state index contributed by atoms with van der Waals surface area (Å²) in [5, 5.41) is 1.83. The minimum atomic E-state index is -4.60. The molecule has 9 heteroatoms. The molecule has 0 saturated carbocycles. The van der Waals surface area contributed by atoms with Crippen LogP contribution in [0, 0.1) is 0 Å². The van der Waals surface area contributed by atoms with E-state index in [0.717, 1.165) is 0 Å². The normalized spacial score (nSPS) is 12.4. The summed E-state index contributed by atoms with van der Waals surface area (Å²) >= 11 is 5.70. The Bertz CT molecular complexity index is 782. The number of pyridine rings is 1. The molecule has 0 fully saturated rings. The van der Waals surface area contributed by atoms with Crippen LogP contribution in [0.2, 0.25) is 5.02 Å². The predicted molar refractivity (Wildman–Crippen MR) is 84.2 cm³/mol. The fourth-order valence-corrected chi connectivity index (χ4v) is 1.97. The van der Waals surface area contributed by atoms with Crippen molar-refractivity contribution in [2.45, 2.75) is 19.2 Å². The number of carbonyl (C=O) groups is 2. The molecule has 0 unspecified atom stereocenters. The molecule has 2 aromatic rings. The quantitative estimate of drug-likeness (QED) is 0.825. The number of hydrogen-bond acceptors (Lipinski definition) is 4. The van der Waals surface area contributed by atoms with Crippen LogP contribution in [0.1, 0.15) is 22.8 Å². The second-order valence-electron chi connectivity index (χ2n) is 4.95. The van der Waals surface area contributed by atoms with Gasteiger partial charge in [-0.2, -0.15) is 13.2 Å². The van der Waals surface area contributed by atoms with Gasteiger partial charge in [0.15, 0.2) is 11.9 Å². The van der Waals surface area contributed by atoms with Crippen molar-refractivity contribution < 1.29 is 27.5 Å². The first-order chi connectivity index (χ1) is 11.7. The second kappa shape index (κ2) is 7.52. The lowest BCUT2D eigenvalue weighted by atomic mass is 10.2. The van der Waals surface area contributed by atoms with E-state index in [4.69, 9.17) is 16.3 Å². The number of rotatable bonds is 4. The number of aromatic nitrogens is 1. The van der Waals surface area contributed by atoms with Crippen molar-refractivity contribution in [3.8, 4) is 0 Å². The molecule has 0 saturated heterocycles. The Morgan fingerprint density at radius 1 is 1.24 bits per heavy atom. The summed E-state index contributed by atoms with van der Waals surface area (Å²) in [6.45, 7) is 1.31. The number of nitrogens with one attached hydrogen (secondary N) is 1. The zero-order chi connectivity index (χ0) is 18.6. The van der Waals surface area contributed by atoms with Crippen molar-refractivity contribution in [1.29, 1.82) is 0 Å². The third-order valence-corrected chi connectivity index (χ3v) is 3.36. The molecule has 1 heterocycles. The van der Waals surface area contributed by atoms with Crippen LogP contribution in [0.4, 0.5) is 19.0 Å². The first-order valence-corrected chi connectivity index (χ1v) is 7.36. The van der Waals surface area contributed by atoms with Crippen molar-refractivity contribution in [3.05, 3.63) is 58.7 Å². The van der Waals surface area contributed by atoms with E-state index in [9.17, 15) is 22.8 Å². The van der Waals surface area contributed by atoms with Crippen LogP contribution in [0.3, 0.4) is 0 Å². The van der Waals surface area contributed by atoms with Gasteiger partial charge in [0.1, 0.15) is 0 Å². The third-order valence-electron chi connectivity index (χ3n) is 3.07. The molecule has 1 aromatic carbocycles. The van der Waals surface area contributed by atoms with Gasteiger partial charge in [-0.15, -0.1) is 0 Å². The molecule has 1 atom stereocenters. The van der Waals surface area contributed by atoms with Crippen molar-refractivity contribution in [1.82, 2.24) is 4.98 Å². The number of ether oxygens (including phenoxy) is 1. The summed E-state index contributed by atoms with van der Waals surface area (Å²) in [5.41, 5.74) is -0.785. The summed E-state index contributed by atoms with van der Waals surface area (Å²) in [4.78, 5) is 27.3. The Morgan fingerprint density at radius 3 is 2.44 bits per heavy atom. The minimum Gasteiger partial charge on any atom is -0.449 e. The molecule has 0 radical (unpaired) electrons. The van der Waals surface area contributed by atoms with Crippen LogP contribution in [-0.2, 0) is 15.7 Å². The first-order valence-electron chi connectivity index (χ1n) is 6.98. The summed E-state index contributed by atoms with van der Waals surface area (Å²) < 4.78 is 42.6. The average molecular weight is 373 g/mol. The van der Waals surface area contributed by atoms with E-state index >= 15 is 0 Å². The number of alkyl halides is 3. The van der Waals surface area contributed by atoms with E-state index in [0.29, 0.717) is 12.3 Å². The zero-order valence-corrected chi connectivity index (χ0v) is 13.6. The molecule has 1 amide bonds. The Balaban J connectivity index is 2.03. The van der Waals surface area contributed by atoms with Crippen LogP contribution in [0.15, 0.2) is 42.6 Å². The van der Waals surface area contributed by atoms with Crippen LogP contribution in [0.5, 0.6) is 0 Å². The number of carbonyl (C=O) groups excluding carboxylic acids is 2. The monoisotopic (exact) mass is 372 g/mol. The number of anilines is 1. The standard InChI is InChI=1S/C16H12ClF3N2O3/c1-9(25-15(24)10-5-3-2-4-6-10)14(23)22-13-12(17)7-11(8-21-13)16(18,19)20/h2-9H,1H3,(H,21,22,23)/t9-/m1/s1. The molecule has 0 bridgehead atoms. The maximum Gasteiger partial charge on any atom is 0.417 e. The SMILES string of the molecule is C[C@@H](OC(=O)c1ccccc1)C(=O)Nc1ncc(C(F)(F)F)cc1Cl. The van der Waals surface area contributed by atoms with Gasteiger partial charge in [0, 0.05) is 6.20 Å². The van der Waals surface area contributed by atoms with E-state index in [1.165, 1.54) is 19.1 Å². The fraction of sp³-hybridized carbons (Fsp3) is 0.188. The van der Waals surface area contributed by atoms with Crippen LogP contribution >= 0.6 is 11.6 Å². The van der Waals surface area contributed by atoms with Gasteiger partial charge in [0.05, 0.1) is 16.1 Å². The number of halogens is 4. The van der Waals surface area contributed by atoms with Gasteiger partial charge >= 0.3 is 12.1 Å². The Labute approximate surface area is 145 Å². The topological polar surface area (TPSA) is 68.3 Å². The maximum absolute atomic E-state index is 12.6. The summed E-state index contributed by atoms with van der Waals surface area (Å²) in [6, 6.07) is 8.65. The maximum atomic E-state index is 12.6. The molecule has 132 valence electrons. The molecular formula is C16H12ClF3N2O3. The average Bonchev–Trinajstić information content (AvgIpc) is 2.56. The third kappa shape index (κ3) is 4.93. The Morgan fingerprint density at radius 2 is 1.88 bits per heavy atom. The van der Waals surface area contributed by atoms with Crippen LogP contribution in [-0.4, -0.2) is 23.0 Å². The second-order valence-corrected chi connectivity index (χ2v) is 5.36. The molecule has 5 nitrogen and oxygen atoms in total. The molecule has 0 aliphatic carbocycles. The number of amides is 1.